The Labute approximate surface area is 74.4 Å². The van der Waals surface area contributed by atoms with Gasteiger partial charge in [0.1, 0.15) is 0 Å². The van der Waals surface area contributed by atoms with Crippen LogP contribution in [-0.4, -0.2) is 0 Å². The Kier molecular flexibility index (Phi) is 17.7. The van der Waals surface area contributed by atoms with E-state index in [2.05, 4.69) is 0 Å². The molecule has 64 valence electrons. The minimum atomic E-state index is 0.538. The van der Waals surface area contributed by atoms with Crippen LogP contribution >= 0.6 is 0 Å². The van der Waals surface area contributed by atoms with E-state index in [-0.39, 0.29) is 0 Å². The van der Waals surface area contributed by atoms with Crippen LogP contribution < -0.4 is 0 Å². The molecule has 0 aliphatic heterocycles. The molecule has 0 saturated heterocycles. The Bertz CT molecular complexity index is 177. The van der Waals surface area contributed by atoms with Gasteiger partial charge in [0.05, 0.1) is 25.0 Å². The summed E-state index contributed by atoms with van der Waals surface area (Å²) in [7, 11) is 0. The molecule has 0 rings (SSSR count). The zero-order chi connectivity index (χ0) is 9.66. The van der Waals surface area contributed by atoms with Crippen LogP contribution in [0.2, 0.25) is 0 Å². The molecule has 0 aliphatic rings. The molecule has 0 heterocycles. The van der Waals surface area contributed by atoms with Gasteiger partial charge in [-0.25, -0.2) is 0 Å². The Balaban J connectivity index is 0. The van der Waals surface area contributed by atoms with Crippen molar-refractivity contribution in [1.29, 1.82) is 10.5 Å². The Morgan fingerprint density at radius 2 is 1.25 bits per heavy atom. The summed E-state index contributed by atoms with van der Waals surface area (Å²) >= 11 is 0. The molecule has 0 N–H and O–H groups in total. The highest BCUT2D eigenvalue weighted by atomic mass is 14.2. The van der Waals surface area contributed by atoms with Crippen LogP contribution in [0.3, 0.4) is 0 Å². The third kappa shape index (κ3) is 23.7. The standard InChI is InChI=1S/2C5H7N/c2*1-2-3-4-5-6/h2*2-3H,4H2,1H3. The summed E-state index contributed by atoms with van der Waals surface area (Å²) in [5, 5.41) is 15.8. The van der Waals surface area contributed by atoms with E-state index in [0.717, 1.165) is 0 Å². The second kappa shape index (κ2) is 16.2. The molecule has 12 heavy (non-hydrogen) atoms. The van der Waals surface area contributed by atoms with Gasteiger partial charge in [0, 0.05) is 0 Å². The molecule has 0 bridgehead atoms. The predicted octanol–water partition coefficient (Wildman–Crippen LogP) is 2.95. The number of nitriles is 2. The highest BCUT2D eigenvalue weighted by Gasteiger charge is 1.61. The van der Waals surface area contributed by atoms with Gasteiger partial charge < -0.3 is 0 Å². The van der Waals surface area contributed by atoms with E-state index in [1.165, 1.54) is 0 Å². The Hall–Kier alpha value is -1.54. The van der Waals surface area contributed by atoms with Gasteiger partial charge in [-0.1, -0.05) is 24.3 Å². The first kappa shape index (κ1) is 13.1. The first-order valence-electron chi connectivity index (χ1n) is 3.79. The summed E-state index contributed by atoms with van der Waals surface area (Å²) in [4.78, 5) is 0. The lowest BCUT2D eigenvalue weighted by molar-refractivity contribution is 1.34. The largest absolute Gasteiger partial charge is 0.198 e. The Morgan fingerprint density at radius 1 is 0.917 bits per heavy atom. The summed E-state index contributed by atoms with van der Waals surface area (Å²) in [6, 6.07) is 3.96. The van der Waals surface area contributed by atoms with Crippen LogP contribution in [0.25, 0.3) is 0 Å². The first-order chi connectivity index (χ1) is 5.83. The smallest absolute Gasteiger partial charge is 0.0663 e. The van der Waals surface area contributed by atoms with Crippen molar-refractivity contribution in [1.82, 2.24) is 0 Å². The fourth-order valence-corrected chi connectivity index (χ4v) is 0.341. The highest BCUT2D eigenvalue weighted by molar-refractivity contribution is 4.88. The first-order valence-corrected chi connectivity index (χ1v) is 3.79. The van der Waals surface area contributed by atoms with Crippen molar-refractivity contribution in [3.05, 3.63) is 24.3 Å². The summed E-state index contributed by atoms with van der Waals surface area (Å²) in [5.41, 5.74) is 0. The van der Waals surface area contributed by atoms with Crippen LogP contribution in [0, 0.1) is 22.7 Å². The fourth-order valence-electron chi connectivity index (χ4n) is 0.341. The second-order valence-electron chi connectivity index (χ2n) is 1.86. The van der Waals surface area contributed by atoms with E-state index in [9.17, 15) is 0 Å². The van der Waals surface area contributed by atoms with Crippen LogP contribution in [0.1, 0.15) is 26.7 Å². The molecule has 0 amide bonds. The third-order valence-electron chi connectivity index (χ3n) is 0.890. The van der Waals surface area contributed by atoms with E-state index >= 15 is 0 Å². The number of hydrogen-bond donors (Lipinski definition) is 0. The molecule has 0 radical (unpaired) electrons. The molecule has 0 aromatic heterocycles. The van der Waals surface area contributed by atoms with Gasteiger partial charge in [0.2, 0.25) is 0 Å². The van der Waals surface area contributed by atoms with Crippen molar-refractivity contribution < 1.29 is 0 Å². The van der Waals surface area contributed by atoms with Crippen molar-refractivity contribution in [2.75, 3.05) is 0 Å². The fraction of sp³-hybridized carbons (Fsp3) is 0.400. The van der Waals surface area contributed by atoms with Gasteiger partial charge in [-0.3, -0.25) is 0 Å². The molecule has 0 fully saturated rings. The van der Waals surface area contributed by atoms with Gasteiger partial charge in [-0.2, -0.15) is 10.5 Å². The van der Waals surface area contributed by atoms with Crippen molar-refractivity contribution in [3.63, 3.8) is 0 Å². The molecule has 2 heteroatoms. The van der Waals surface area contributed by atoms with E-state index < -0.39 is 0 Å². The van der Waals surface area contributed by atoms with Crippen molar-refractivity contribution in [2.24, 2.45) is 0 Å². The van der Waals surface area contributed by atoms with E-state index in [1.54, 1.807) is 0 Å². The van der Waals surface area contributed by atoms with Crippen LogP contribution in [0.4, 0.5) is 0 Å². The summed E-state index contributed by atoms with van der Waals surface area (Å²) in [6.07, 6.45) is 8.44. The molecule has 0 aromatic carbocycles. The van der Waals surface area contributed by atoms with Gasteiger partial charge in [0.15, 0.2) is 0 Å². The second-order valence-corrected chi connectivity index (χ2v) is 1.86. The van der Waals surface area contributed by atoms with Gasteiger partial charge in [0.25, 0.3) is 0 Å². The SMILES string of the molecule is CC=CCC#N.CC=CCC#N. The van der Waals surface area contributed by atoms with E-state index in [4.69, 9.17) is 10.5 Å². The number of allylic oxidation sites excluding steroid dienone is 4. The number of nitrogens with zero attached hydrogens (tertiary/aromatic N) is 2. The van der Waals surface area contributed by atoms with Crippen molar-refractivity contribution >= 4 is 0 Å². The molecule has 0 aromatic rings. The topological polar surface area (TPSA) is 47.6 Å². The molecule has 2 nitrogen and oxygen atoms in total. The maximum atomic E-state index is 7.90. The minimum absolute atomic E-state index is 0.538. The van der Waals surface area contributed by atoms with Crippen LogP contribution in [0.5, 0.6) is 0 Å². The van der Waals surface area contributed by atoms with Crippen LogP contribution in [0.15, 0.2) is 24.3 Å². The maximum absolute atomic E-state index is 7.90. The summed E-state index contributed by atoms with van der Waals surface area (Å²) < 4.78 is 0. The monoisotopic (exact) mass is 162 g/mol. The molecule has 0 aliphatic carbocycles. The van der Waals surface area contributed by atoms with Crippen molar-refractivity contribution in [3.8, 4) is 12.1 Å². The number of rotatable bonds is 2. The average molecular weight is 162 g/mol. The molecular formula is C10H14N2. The molecule has 0 saturated carbocycles. The van der Waals surface area contributed by atoms with Crippen molar-refractivity contribution in [2.45, 2.75) is 26.7 Å². The lowest BCUT2D eigenvalue weighted by Gasteiger charge is -1.63. The lowest BCUT2D eigenvalue weighted by atomic mass is 10.4. The predicted molar refractivity (Wildman–Crippen MR) is 50.1 cm³/mol. The Morgan fingerprint density at radius 3 is 1.33 bits per heavy atom. The van der Waals surface area contributed by atoms with Gasteiger partial charge in [-0.15, -0.1) is 0 Å². The van der Waals surface area contributed by atoms with E-state index in [0.29, 0.717) is 12.8 Å². The summed E-state index contributed by atoms with van der Waals surface area (Å²) in [6.45, 7) is 3.80. The van der Waals surface area contributed by atoms with Crippen LogP contribution in [-0.2, 0) is 0 Å². The average Bonchev–Trinajstić information content (AvgIpc) is 2.12. The third-order valence-corrected chi connectivity index (χ3v) is 0.890. The zero-order valence-electron chi connectivity index (χ0n) is 7.62. The lowest BCUT2D eigenvalue weighted by Crippen LogP contribution is -1.49. The quantitative estimate of drug-likeness (QED) is 0.586. The number of hydrogen-bond acceptors (Lipinski definition) is 2. The maximum Gasteiger partial charge on any atom is 0.0663 e. The normalized spacial score (nSPS) is 8.67. The summed E-state index contributed by atoms with van der Waals surface area (Å²) in [5.74, 6) is 0. The minimum Gasteiger partial charge on any atom is -0.198 e. The van der Waals surface area contributed by atoms with Gasteiger partial charge >= 0.3 is 0 Å². The zero-order valence-corrected chi connectivity index (χ0v) is 7.62. The molecule has 0 atom stereocenters. The highest BCUT2D eigenvalue weighted by Crippen LogP contribution is 1.74. The van der Waals surface area contributed by atoms with Gasteiger partial charge in [-0.05, 0) is 13.8 Å². The molecule has 0 spiro atoms. The molecular weight excluding hydrogens is 148 g/mol. The van der Waals surface area contributed by atoms with E-state index in [1.807, 2.05) is 50.3 Å². The molecule has 0 unspecified atom stereocenters.